The van der Waals surface area contributed by atoms with E-state index in [4.69, 9.17) is 5.11 Å². The lowest BCUT2D eigenvalue weighted by atomic mass is 10.1. The van der Waals surface area contributed by atoms with Gasteiger partial charge in [0.15, 0.2) is 0 Å². The van der Waals surface area contributed by atoms with Gasteiger partial charge in [-0.15, -0.1) is 0 Å². The molecule has 0 fully saturated rings. The monoisotopic (exact) mass is 282 g/mol. The summed E-state index contributed by atoms with van der Waals surface area (Å²) in [5.41, 5.74) is 1.60. The Morgan fingerprint density at radius 3 is 2.89 bits per heavy atom. The Bertz CT molecular complexity index is 457. The first-order valence-electron chi connectivity index (χ1n) is 6.30. The Kier molecular flexibility index (Phi) is 6.64. The maximum absolute atomic E-state index is 13.2. The summed E-state index contributed by atoms with van der Waals surface area (Å²) in [6, 6.07) is 4.51. The topological polar surface area (TPSA) is 37.3 Å². The molecular weight excluding hydrogens is 263 g/mol. The molecule has 1 aromatic carbocycles. The SMILES string of the molecule is CCC(C)CSCc1ccc(F)cc1/C=C/C(=O)O. The molecule has 19 heavy (non-hydrogen) atoms. The van der Waals surface area contributed by atoms with Crippen LogP contribution in [-0.4, -0.2) is 16.8 Å². The van der Waals surface area contributed by atoms with Crippen molar-refractivity contribution in [1.82, 2.24) is 0 Å². The molecule has 2 nitrogen and oxygen atoms in total. The highest BCUT2D eigenvalue weighted by molar-refractivity contribution is 7.98. The van der Waals surface area contributed by atoms with Crippen LogP contribution in [0.2, 0.25) is 0 Å². The minimum atomic E-state index is -1.03. The molecule has 1 atom stereocenters. The summed E-state index contributed by atoms with van der Waals surface area (Å²) in [4.78, 5) is 10.5. The first kappa shape index (κ1) is 15.8. The van der Waals surface area contributed by atoms with Crippen molar-refractivity contribution in [3.05, 3.63) is 41.2 Å². The summed E-state index contributed by atoms with van der Waals surface area (Å²) < 4.78 is 13.2. The van der Waals surface area contributed by atoms with Crippen LogP contribution < -0.4 is 0 Å². The third-order valence-corrected chi connectivity index (χ3v) is 4.19. The predicted molar refractivity (Wildman–Crippen MR) is 78.7 cm³/mol. The summed E-state index contributed by atoms with van der Waals surface area (Å²) in [7, 11) is 0. The maximum Gasteiger partial charge on any atom is 0.328 e. The lowest BCUT2D eigenvalue weighted by Crippen LogP contribution is -1.97. The van der Waals surface area contributed by atoms with Gasteiger partial charge in [0.1, 0.15) is 5.82 Å². The van der Waals surface area contributed by atoms with Crippen molar-refractivity contribution >= 4 is 23.8 Å². The number of hydrogen-bond acceptors (Lipinski definition) is 2. The minimum absolute atomic E-state index is 0.347. The third kappa shape index (κ3) is 5.92. The molecule has 0 heterocycles. The smallest absolute Gasteiger partial charge is 0.328 e. The van der Waals surface area contributed by atoms with Crippen LogP contribution >= 0.6 is 11.8 Å². The van der Waals surface area contributed by atoms with Crippen molar-refractivity contribution < 1.29 is 14.3 Å². The zero-order valence-corrected chi connectivity index (χ0v) is 12.0. The highest BCUT2D eigenvalue weighted by Gasteiger charge is 2.04. The Hall–Kier alpha value is -1.29. The van der Waals surface area contributed by atoms with Crippen LogP contribution in [0.15, 0.2) is 24.3 Å². The number of carbonyl (C=O) groups is 1. The summed E-state index contributed by atoms with van der Waals surface area (Å²) in [6.07, 6.45) is 3.63. The van der Waals surface area contributed by atoms with E-state index in [1.165, 1.54) is 18.2 Å². The number of carboxylic acid groups (broad SMARTS) is 1. The molecule has 0 amide bonds. The Labute approximate surface area is 117 Å². The van der Waals surface area contributed by atoms with E-state index < -0.39 is 5.97 Å². The summed E-state index contributed by atoms with van der Waals surface area (Å²) in [6.45, 7) is 4.35. The number of carboxylic acids is 1. The second-order valence-electron chi connectivity index (χ2n) is 4.54. The van der Waals surface area contributed by atoms with Gasteiger partial charge >= 0.3 is 5.97 Å². The molecule has 4 heteroatoms. The van der Waals surface area contributed by atoms with E-state index in [0.29, 0.717) is 11.5 Å². The summed E-state index contributed by atoms with van der Waals surface area (Å²) in [5.74, 6) is 1.10. The molecule has 1 unspecified atom stereocenters. The van der Waals surface area contributed by atoms with Crippen molar-refractivity contribution in [3.63, 3.8) is 0 Å². The van der Waals surface area contributed by atoms with Crippen molar-refractivity contribution in [1.29, 1.82) is 0 Å². The second kappa shape index (κ2) is 8.00. The number of aliphatic carboxylic acids is 1. The molecule has 0 saturated carbocycles. The van der Waals surface area contributed by atoms with Gasteiger partial charge in [0.05, 0.1) is 0 Å². The standard InChI is InChI=1S/C15H19FO2S/c1-3-11(2)9-19-10-13-4-6-14(16)8-12(13)5-7-15(17)18/h4-8,11H,3,9-10H2,1-2H3,(H,17,18)/b7-5+. The van der Waals surface area contributed by atoms with E-state index in [1.807, 2.05) is 0 Å². The number of benzene rings is 1. The zero-order valence-electron chi connectivity index (χ0n) is 11.2. The van der Waals surface area contributed by atoms with Crippen LogP contribution in [0, 0.1) is 11.7 Å². The minimum Gasteiger partial charge on any atom is -0.478 e. The fraction of sp³-hybridized carbons (Fsp3) is 0.400. The van der Waals surface area contributed by atoms with Crippen LogP contribution in [0.1, 0.15) is 31.4 Å². The van der Waals surface area contributed by atoms with Gasteiger partial charge in [0, 0.05) is 11.8 Å². The molecule has 0 aromatic heterocycles. The molecule has 0 aliphatic rings. The Morgan fingerprint density at radius 1 is 1.53 bits per heavy atom. The average Bonchev–Trinajstić information content (AvgIpc) is 2.38. The molecule has 1 N–H and O–H groups in total. The summed E-state index contributed by atoms with van der Waals surface area (Å²) >= 11 is 1.79. The molecule has 0 bridgehead atoms. The van der Waals surface area contributed by atoms with E-state index >= 15 is 0 Å². The third-order valence-electron chi connectivity index (χ3n) is 2.87. The van der Waals surface area contributed by atoms with Gasteiger partial charge in [-0.3, -0.25) is 0 Å². The molecule has 0 aliphatic carbocycles. The van der Waals surface area contributed by atoms with E-state index in [-0.39, 0.29) is 5.82 Å². The first-order valence-corrected chi connectivity index (χ1v) is 7.45. The van der Waals surface area contributed by atoms with Gasteiger partial charge in [0.2, 0.25) is 0 Å². The fourth-order valence-electron chi connectivity index (χ4n) is 1.50. The molecular formula is C15H19FO2S. The van der Waals surface area contributed by atoms with Gasteiger partial charge in [-0.05, 0) is 41.0 Å². The predicted octanol–water partition coefficient (Wildman–Crippen LogP) is 4.20. The van der Waals surface area contributed by atoms with Crippen LogP contribution in [0.4, 0.5) is 4.39 Å². The maximum atomic E-state index is 13.2. The van der Waals surface area contributed by atoms with Crippen molar-refractivity contribution in [2.45, 2.75) is 26.0 Å². The largest absolute Gasteiger partial charge is 0.478 e. The van der Waals surface area contributed by atoms with Crippen LogP contribution in [0.3, 0.4) is 0 Å². The Balaban J connectivity index is 2.73. The van der Waals surface area contributed by atoms with E-state index in [2.05, 4.69) is 13.8 Å². The molecule has 1 rings (SSSR count). The average molecular weight is 282 g/mol. The molecule has 0 spiro atoms. The van der Waals surface area contributed by atoms with Gasteiger partial charge < -0.3 is 5.11 Å². The number of halogens is 1. The van der Waals surface area contributed by atoms with Crippen LogP contribution in [0.25, 0.3) is 6.08 Å². The quantitative estimate of drug-likeness (QED) is 0.761. The van der Waals surface area contributed by atoms with Crippen molar-refractivity contribution in [3.8, 4) is 0 Å². The summed E-state index contributed by atoms with van der Waals surface area (Å²) in [5, 5.41) is 8.63. The number of rotatable bonds is 7. The number of thioether (sulfide) groups is 1. The lowest BCUT2D eigenvalue weighted by Gasteiger charge is -2.09. The van der Waals surface area contributed by atoms with E-state index in [0.717, 1.165) is 29.6 Å². The van der Waals surface area contributed by atoms with Crippen molar-refractivity contribution in [2.24, 2.45) is 5.92 Å². The normalized spacial score (nSPS) is 12.8. The fourth-order valence-corrected chi connectivity index (χ4v) is 2.74. The van der Waals surface area contributed by atoms with Crippen LogP contribution in [-0.2, 0) is 10.5 Å². The molecule has 1 aromatic rings. The van der Waals surface area contributed by atoms with Gasteiger partial charge in [-0.1, -0.05) is 26.3 Å². The molecule has 104 valence electrons. The highest BCUT2D eigenvalue weighted by atomic mass is 32.2. The van der Waals surface area contributed by atoms with E-state index in [1.54, 1.807) is 17.8 Å². The van der Waals surface area contributed by atoms with Crippen molar-refractivity contribution in [2.75, 3.05) is 5.75 Å². The zero-order chi connectivity index (χ0) is 14.3. The van der Waals surface area contributed by atoms with Gasteiger partial charge in [0.25, 0.3) is 0 Å². The Morgan fingerprint density at radius 2 is 2.26 bits per heavy atom. The molecule has 0 saturated heterocycles. The van der Waals surface area contributed by atoms with E-state index in [9.17, 15) is 9.18 Å². The van der Waals surface area contributed by atoms with Gasteiger partial charge in [-0.25, -0.2) is 9.18 Å². The first-order chi connectivity index (χ1) is 9.02. The van der Waals surface area contributed by atoms with Gasteiger partial charge in [-0.2, -0.15) is 11.8 Å². The van der Waals surface area contributed by atoms with Crippen LogP contribution in [0.5, 0.6) is 0 Å². The number of hydrogen-bond donors (Lipinski definition) is 1. The lowest BCUT2D eigenvalue weighted by molar-refractivity contribution is -0.131. The highest BCUT2D eigenvalue weighted by Crippen LogP contribution is 2.21. The second-order valence-corrected chi connectivity index (χ2v) is 5.57. The molecule has 0 radical (unpaired) electrons. The molecule has 0 aliphatic heterocycles.